The van der Waals surface area contributed by atoms with E-state index in [9.17, 15) is 14.4 Å². The molecule has 1 saturated heterocycles. The second-order valence-corrected chi connectivity index (χ2v) is 7.05. The van der Waals surface area contributed by atoms with Crippen molar-refractivity contribution < 1.29 is 19.1 Å². The van der Waals surface area contributed by atoms with Gasteiger partial charge in [-0.05, 0) is 31.2 Å². The van der Waals surface area contributed by atoms with Gasteiger partial charge in [-0.1, -0.05) is 15.9 Å². The first kappa shape index (κ1) is 17.8. The van der Waals surface area contributed by atoms with E-state index in [0.29, 0.717) is 11.4 Å². The molecular weight excluding hydrogens is 384 g/mol. The van der Waals surface area contributed by atoms with E-state index in [-0.39, 0.29) is 24.8 Å². The fourth-order valence-electron chi connectivity index (χ4n) is 2.03. The lowest BCUT2D eigenvalue weighted by Crippen LogP contribution is -2.51. The Morgan fingerprint density at radius 1 is 1.39 bits per heavy atom. The number of esters is 1. The van der Waals surface area contributed by atoms with Crippen LogP contribution in [0.5, 0.6) is 0 Å². The summed E-state index contributed by atoms with van der Waals surface area (Å²) in [6, 6.07) is 6.54. The van der Waals surface area contributed by atoms with Gasteiger partial charge in [0, 0.05) is 22.3 Å². The van der Waals surface area contributed by atoms with Crippen LogP contribution >= 0.6 is 27.7 Å². The van der Waals surface area contributed by atoms with E-state index in [1.54, 1.807) is 19.1 Å². The van der Waals surface area contributed by atoms with Crippen LogP contribution in [0.1, 0.15) is 13.3 Å². The number of hydrogen-bond acceptors (Lipinski definition) is 5. The molecule has 8 heteroatoms. The van der Waals surface area contributed by atoms with Crippen LogP contribution in [0.3, 0.4) is 0 Å². The first-order valence-electron chi connectivity index (χ1n) is 7.13. The number of thioether (sulfide) groups is 1. The van der Waals surface area contributed by atoms with Gasteiger partial charge in [-0.3, -0.25) is 9.59 Å². The fourth-order valence-corrected chi connectivity index (χ4v) is 3.43. The number of carbonyl (C=O) groups excluding carboxylic acids is 3. The largest absolute Gasteiger partial charge is 0.464 e. The van der Waals surface area contributed by atoms with Gasteiger partial charge in [-0.25, -0.2) is 4.79 Å². The van der Waals surface area contributed by atoms with E-state index in [0.717, 1.165) is 4.47 Å². The van der Waals surface area contributed by atoms with E-state index >= 15 is 0 Å². The third-order valence-corrected chi connectivity index (χ3v) is 4.98. The van der Waals surface area contributed by atoms with Gasteiger partial charge in [-0.2, -0.15) is 0 Å². The zero-order chi connectivity index (χ0) is 16.8. The predicted molar refractivity (Wildman–Crippen MR) is 92.2 cm³/mol. The monoisotopic (exact) mass is 400 g/mol. The summed E-state index contributed by atoms with van der Waals surface area (Å²) in [5.74, 6) is -0.591. The highest BCUT2D eigenvalue weighted by Crippen LogP contribution is 2.22. The molecule has 2 rings (SSSR count). The van der Waals surface area contributed by atoms with Crippen molar-refractivity contribution >= 4 is 51.2 Å². The van der Waals surface area contributed by atoms with Crippen molar-refractivity contribution in [3.05, 3.63) is 28.7 Å². The normalized spacial score (nSPS) is 20.5. The first-order valence-corrected chi connectivity index (χ1v) is 8.97. The van der Waals surface area contributed by atoms with Gasteiger partial charge >= 0.3 is 5.97 Å². The van der Waals surface area contributed by atoms with Crippen molar-refractivity contribution in [2.24, 2.45) is 0 Å². The van der Waals surface area contributed by atoms with Crippen LogP contribution in [0, 0.1) is 0 Å². The Hall–Kier alpha value is -1.54. The number of nitrogens with one attached hydrogen (secondary N) is 2. The molecule has 2 N–H and O–H groups in total. The molecule has 23 heavy (non-hydrogen) atoms. The average Bonchev–Trinajstić information content (AvgIpc) is 2.52. The van der Waals surface area contributed by atoms with Crippen LogP contribution in [-0.4, -0.2) is 41.4 Å². The zero-order valence-electron chi connectivity index (χ0n) is 12.5. The van der Waals surface area contributed by atoms with Gasteiger partial charge in [0.15, 0.2) is 0 Å². The number of carbonyl (C=O) groups is 3. The smallest absolute Gasteiger partial charge is 0.329 e. The topological polar surface area (TPSA) is 84.5 Å². The third kappa shape index (κ3) is 5.24. The molecule has 0 aromatic heterocycles. The highest BCUT2D eigenvalue weighted by atomic mass is 79.9. The maximum absolute atomic E-state index is 12.0. The third-order valence-electron chi connectivity index (χ3n) is 3.14. The fraction of sp³-hybridized carbons (Fsp3) is 0.400. The summed E-state index contributed by atoms with van der Waals surface area (Å²) in [7, 11) is 0. The van der Waals surface area contributed by atoms with Crippen molar-refractivity contribution in [3.63, 3.8) is 0 Å². The summed E-state index contributed by atoms with van der Waals surface area (Å²) in [6.45, 7) is 1.99. The Morgan fingerprint density at radius 3 is 2.70 bits per heavy atom. The van der Waals surface area contributed by atoms with E-state index in [1.165, 1.54) is 11.8 Å². The molecule has 1 aliphatic rings. The Bertz CT molecular complexity index is 594. The van der Waals surface area contributed by atoms with Crippen molar-refractivity contribution in [2.75, 3.05) is 17.7 Å². The minimum Gasteiger partial charge on any atom is -0.464 e. The van der Waals surface area contributed by atoms with Gasteiger partial charge in [0.05, 0.1) is 11.9 Å². The number of benzene rings is 1. The van der Waals surface area contributed by atoms with E-state index in [1.807, 2.05) is 12.1 Å². The molecule has 0 saturated carbocycles. The average molecular weight is 401 g/mol. The summed E-state index contributed by atoms with van der Waals surface area (Å²) in [4.78, 5) is 35.6. The molecule has 1 fully saturated rings. The Labute approximate surface area is 146 Å². The van der Waals surface area contributed by atoms with Gasteiger partial charge in [0.2, 0.25) is 11.8 Å². The van der Waals surface area contributed by atoms with E-state index in [4.69, 9.17) is 4.74 Å². The molecule has 2 atom stereocenters. The zero-order valence-corrected chi connectivity index (χ0v) is 14.9. The standard InChI is InChI=1S/C15H17BrN2O4S/c1-2-22-15(21)11-8-23-12(14(20)18-11)7-13(19)17-10-5-3-9(16)4-6-10/h3-6,11-12H,2,7-8H2,1H3,(H,17,19)(H,18,20)/t11-,12+/m1/s1. The number of halogens is 1. The number of hydrogen-bond donors (Lipinski definition) is 2. The number of rotatable bonds is 5. The molecule has 1 aromatic rings. The quantitative estimate of drug-likeness (QED) is 0.737. The molecule has 1 heterocycles. The van der Waals surface area contributed by atoms with Crippen molar-refractivity contribution in [3.8, 4) is 0 Å². The SMILES string of the molecule is CCOC(=O)[C@H]1CS[C@@H](CC(=O)Nc2ccc(Br)cc2)C(=O)N1. The van der Waals surface area contributed by atoms with E-state index in [2.05, 4.69) is 26.6 Å². The predicted octanol–water partition coefficient (Wildman–Crippen LogP) is 1.94. The number of anilines is 1. The second-order valence-electron chi connectivity index (χ2n) is 4.89. The summed E-state index contributed by atoms with van der Waals surface area (Å²) in [6.07, 6.45) is 0.0576. The lowest BCUT2D eigenvalue weighted by atomic mass is 10.2. The van der Waals surface area contributed by atoms with Crippen molar-refractivity contribution in [1.29, 1.82) is 0 Å². The number of ether oxygens (including phenoxy) is 1. The Balaban J connectivity index is 1.84. The number of amides is 2. The van der Waals surface area contributed by atoms with E-state index < -0.39 is 17.3 Å². The van der Waals surface area contributed by atoms with Crippen LogP contribution in [0.2, 0.25) is 0 Å². The highest BCUT2D eigenvalue weighted by Gasteiger charge is 2.34. The lowest BCUT2D eigenvalue weighted by Gasteiger charge is -2.27. The maximum atomic E-state index is 12.0. The molecule has 124 valence electrons. The highest BCUT2D eigenvalue weighted by molar-refractivity contribution is 9.10. The molecule has 1 aromatic carbocycles. The Morgan fingerprint density at radius 2 is 2.09 bits per heavy atom. The van der Waals surface area contributed by atoms with Gasteiger partial charge in [0.1, 0.15) is 6.04 Å². The van der Waals surface area contributed by atoms with Crippen LogP contribution in [0.25, 0.3) is 0 Å². The summed E-state index contributed by atoms with van der Waals surface area (Å²) in [5, 5.41) is 4.85. The Kier molecular flexibility index (Phi) is 6.47. The molecule has 0 spiro atoms. The maximum Gasteiger partial charge on any atom is 0.329 e. The van der Waals surface area contributed by atoms with Crippen LogP contribution in [-0.2, 0) is 19.1 Å². The molecule has 2 amide bonds. The molecule has 1 aliphatic heterocycles. The summed E-state index contributed by atoms with van der Waals surface area (Å²) in [5.41, 5.74) is 0.670. The van der Waals surface area contributed by atoms with Gasteiger partial charge in [-0.15, -0.1) is 11.8 Å². The molecule has 0 aliphatic carbocycles. The van der Waals surface area contributed by atoms with Crippen LogP contribution in [0.4, 0.5) is 5.69 Å². The summed E-state index contributed by atoms with van der Waals surface area (Å²) >= 11 is 4.61. The van der Waals surface area contributed by atoms with Crippen LogP contribution in [0.15, 0.2) is 28.7 Å². The molecule has 0 radical (unpaired) electrons. The summed E-state index contributed by atoms with van der Waals surface area (Å²) < 4.78 is 5.80. The molecule has 6 nitrogen and oxygen atoms in total. The van der Waals surface area contributed by atoms with Gasteiger partial charge < -0.3 is 15.4 Å². The van der Waals surface area contributed by atoms with Crippen molar-refractivity contribution in [1.82, 2.24) is 5.32 Å². The van der Waals surface area contributed by atoms with Crippen LogP contribution < -0.4 is 10.6 Å². The minimum atomic E-state index is -0.641. The first-order chi connectivity index (χ1) is 11.0. The van der Waals surface area contributed by atoms with Gasteiger partial charge in [0.25, 0.3) is 0 Å². The second kappa shape index (κ2) is 8.35. The molecular formula is C15H17BrN2O4S. The van der Waals surface area contributed by atoms with Crippen molar-refractivity contribution in [2.45, 2.75) is 24.6 Å². The lowest BCUT2D eigenvalue weighted by molar-refractivity contribution is -0.146. The minimum absolute atomic E-state index is 0.0576. The molecule has 0 unspecified atom stereocenters. The molecule has 0 bridgehead atoms.